The number of halogens is 1. The van der Waals surface area contributed by atoms with E-state index in [2.05, 4.69) is 4.72 Å². The normalized spacial score (nSPS) is 14.6. The van der Waals surface area contributed by atoms with Crippen LogP contribution in [0.3, 0.4) is 0 Å². The molecule has 0 aromatic heterocycles. The van der Waals surface area contributed by atoms with Crippen LogP contribution < -0.4 is 4.72 Å². The van der Waals surface area contributed by atoms with E-state index in [1.54, 1.807) is 31.2 Å². The van der Waals surface area contributed by atoms with Crippen LogP contribution in [-0.2, 0) is 15.6 Å². The molecule has 0 fully saturated rings. The molecule has 0 bridgehead atoms. The molecular weight excluding hydrogens is 306 g/mol. The predicted molar refractivity (Wildman–Crippen MR) is 86.0 cm³/mol. The molecule has 21 heavy (non-hydrogen) atoms. The van der Waals surface area contributed by atoms with E-state index in [1.165, 1.54) is 0 Å². The van der Waals surface area contributed by atoms with Gasteiger partial charge in [0.1, 0.15) is 0 Å². The van der Waals surface area contributed by atoms with Crippen molar-refractivity contribution in [1.29, 1.82) is 0 Å². The Morgan fingerprint density at radius 3 is 2.14 bits per heavy atom. The zero-order valence-electron chi connectivity index (χ0n) is 12.0. The van der Waals surface area contributed by atoms with Crippen LogP contribution in [-0.4, -0.2) is 14.3 Å². The lowest BCUT2D eigenvalue weighted by Crippen LogP contribution is -2.44. The number of benzene rings is 2. The number of sulfonamides is 1. The van der Waals surface area contributed by atoms with E-state index < -0.39 is 15.6 Å². The number of hydrogen-bond acceptors (Lipinski definition) is 2. The zero-order chi connectivity index (χ0) is 15.5. The summed E-state index contributed by atoms with van der Waals surface area (Å²) in [5.74, 6) is 0.141. The van der Waals surface area contributed by atoms with Crippen molar-refractivity contribution < 1.29 is 8.42 Å². The lowest BCUT2D eigenvalue weighted by molar-refractivity contribution is 0.477. The summed E-state index contributed by atoms with van der Waals surface area (Å²) in [4.78, 5) is 0.236. The van der Waals surface area contributed by atoms with Crippen LogP contribution in [0.25, 0.3) is 0 Å². The lowest BCUT2D eigenvalue weighted by atomic mass is 9.96. The van der Waals surface area contributed by atoms with Crippen LogP contribution in [0.2, 0.25) is 0 Å². The third kappa shape index (κ3) is 3.64. The molecule has 0 saturated heterocycles. The van der Waals surface area contributed by atoms with E-state index >= 15 is 0 Å². The fourth-order valence-electron chi connectivity index (χ4n) is 2.04. The molecule has 2 rings (SSSR count). The van der Waals surface area contributed by atoms with Crippen LogP contribution in [0.1, 0.15) is 18.1 Å². The van der Waals surface area contributed by atoms with Crippen molar-refractivity contribution in [3.63, 3.8) is 0 Å². The van der Waals surface area contributed by atoms with Gasteiger partial charge in [-0.25, -0.2) is 8.42 Å². The number of alkyl halides is 1. The highest BCUT2D eigenvalue weighted by atomic mass is 35.5. The molecule has 3 nitrogen and oxygen atoms in total. The van der Waals surface area contributed by atoms with Gasteiger partial charge in [-0.1, -0.05) is 48.0 Å². The summed E-state index contributed by atoms with van der Waals surface area (Å²) in [7, 11) is -3.63. The molecule has 2 aromatic rings. The highest BCUT2D eigenvalue weighted by Crippen LogP contribution is 2.25. The molecule has 0 aliphatic heterocycles. The summed E-state index contributed by atoms with van der Waals surface area (Å²) in [6.45, 7) is 3.69. The maximum absolute atomic E-state index is 12.5. The smallest absolute Gasteiger partial charge is 0.207 e. The number of nitrogens with one attached hydrogen (secondary N) is 1. The van der Waals surface area contributed by atoms with Gasteiger partial charge < -0.3 is 0 Å². The van der Waals surface area contributed by atoms with Gasteiger partial charge in [0.15, 0.2) is 0 Å². The van der Waals surface area contributed by atoms with Crippen molar-refractivity contribution in [2.75, 3.05) is 5.88 Å². The summed E-state index contributed by atoms with van der Waals surface area (Å²) in [6.07, 6.45) is 0. The van der Waals surface area contributed by atoms with Crippen LogP contribution in [0.15, 0.2) is 59.5 Å². The third-order valence-electron chi connectivity index (χ3n) is 3.37. The fourth-order valence-corrected chi connectivity index (χ4v) is 3.74. The molecule has 1 N–H and O–H groups in total. The first-order valence-corrected chi connectivity index (χ1v) is 8.61. The van der Waals surface area contributed by atoms with E-state index in [-0.39, 0.29) is 10.8 Å². The molecule has 0 aliphatic carbocycles. The van der Waals surface area contributed by atoms with Gasteiger partial charge in [-0.15, -0.1) is 11.6 Å². The molecule has 0 amide bonds. The minimum absolute atomic E-state index is 0.141. The van der Waals surface area contributed by atoms with Gasteiger partial charge in [0.05, 0.1) is 10.4 Å². The quantitative estimate of drug-likeness (QED) is 0.857. The van der Waals surface area contributed by atoms with Crippen molar-refractivity contribution >= 4 is 21.6 Å². The molecule has 0 heterocycles. The summed E-state index contributed by atoms with van der Waals surface area (Å²) < 4.78 is 27.8. The van der Waals surface area contributed by atoms with E-state index in [4.69, 9.17) is 11.6 Å². The molecule has 0 radical (unpaired) electrons. The van der Waals surface area contributed by atoms with E-state index in [0.717, 1.165) is 11.1 Å². The maximum atomic E-state index is 12.5. The molecular formula is C16H18ClNO2S. The SMILES string of the molecule is Cc1ccc(S(=O)(=O)NC(C)(CCl)c2ccccc2)cc1. The first-order valence-electron chi connectivity index (χ1n) is 6.59. The van der Waals surface area contributed by atoms with Crippen LogP contribution in [0.4, 0.5) is 0 Å². The number of aryl methyl sites for hydroxylation is 1. The first-order chi connectivity index (χ1) is 9.87. The van der Waals surface area contributed by atoms with Crippen LogP contribution >= 0.6 is 11.6 Å². The van der Waals surface area contributed by atoms with Gasteiger partial charge >= 0.3 is 0 Å². The van der Waals surface area contributed by atoms with Crippen molar-refractivity contribution in [3.05, 3.63) is 65.7 Å². The van der Waals surface area contributed by atoms with E-state index in [1.807, 2.05) is 37.3 Å². The summed E-state index contributed by atoms with van der Waals surface area (Å²) >= 11 is 6.04. The highest BCUT2D eigenvalue weighted by molar-refractivity contribution is 7.89. The van der Waals surface area contributed by atoms with E-state index in [0.29, 0.717) is 0 Å². The van der Waals surface area contributed by atoms with E-state index in [9.17, 15) is 8.42 Å². The average molecular weight is 324 g/mol. The Balaban J connectivity index is 2.35. The second-order valence-corrected chi connectivity index (χ2v) is 7.20. The molecule has 0 aliphatic rings. The Kier molecular flexibility index (Phi) is 4.71. The largest absolute Gasteiger partial charge is 0.241 e. The van der Waals surface area contributed by atoms with Gasteiger partial charge in [-0.05, 0) is 31.5 Å². The zero-order valence-corrected chi connectivity index (χ0v) is 13.6. The minimum Gasteiger partial charge on any atom is -0.207 e. The van der Waals surface area contributed by atoms with Crippen LogP contribution in [0.5, 0.6) is 0 Å². The average Bonchev–Trinajstić information content (AvgIpc) is 2.48. The standard InChI is InChI=1S/C16H18ClNO2S/c1-13-8-10-15(11-9-13)21(19,20)18-16(2,12-17)14-6-4-3-5-7-14/h3-11,18H,12H2,1-2H3. The Bertz CT molecular complexity index is 699. The molecule has 2 aromatic carbocycles. The monoisotopic (exact) mass is 323 g/mol. The van der Waals surface area contributed by atoms with Crippen molar-refractivity contribution in [3.8, 4) is 0 Å². The maximum Gasteiger partial charge on any atom is 0.241 e. The van der Waals surface area contributed by atoms with Crippen molar-refractivity contribution in [1.82, 2.24) is 4.72 Å². The lowest BCUT2D eigenvalue weighted by Gasteiger charge is -2.28. The summed E-state index contributed by atoms with van der Waals surface area (Å²) in [5.41, 5.74) is 0.986. The molecule has 5 heteroatoms. The Morgan fingerprint density at radius 1 is 1.05 bits per heavy atom. The van der Waals surface area contributed by atoms with Gasteiger partial charge in [0.25, 0.3) is 0 Å². The van der Waals surface area contributed by atoms with Crippen molar-refractivity contribution in [2.24, 2.45) is 0 Å². The Morgan fingerprint density at radius 2 is 1.62 bits per heavy atom. The first kappa shape index (κ1) is 16.0. The molecule has 0 saturated carbocycles. The van der Waals surface area contributed by atoms with Crippen LogP contribution in [0, 0.1) is 6.92 Å². The van der Waals surface area contributed by atoms with Crippen molar-refractivity contribution in [2.45, 2.75) is 24.3 Å². The molecule has 1 unspecified atom stereocenters. The predicted octanol–water partition coefficient (Wildman–Crippen LogP) is 3.43. The second-order valence-electron chi connectivity index (χ2n) is 5.25. The fraction of sp³-hybridized carbons (Fsp3) is 0.250. The van der Waals surface area contributed by atoms with Gasteiger partial charge in [0, 0.05) is 5.88 Å². The molecule has 1 atom stereocenters. The van der Waals surface area contributed by atoms with Gasteiger partial charge in [-0.2, -0.15) is 4.72 Å². The second kappa shape index (κ2) is 6.18. The Hall–Kier alpha value is -1.36. The summed E-state index contributed by atoms with van der Waals surface area (Å²) in [5, 5.41) is 0. The van der Waals surface area contributed by atoms with Gasteiger partial charge in [-0.3, -0.25) is 0 Å². The topological polar surface area (TPSA) is 46.2 Å². The Labute approximate surface area is 131 Å². The highest BCUT2D eigenvalue weighted by Gasteiger charge is 2.31. The minimum atomic E-state index is -3.63. The van der Waals surface area contributed by atoms with Gasteiger partial charge in [0.2, 0.25) is 10.0 Å². The molecule has 0 spiro atoms. The number of rotatable bonds is 5. The summed E-state index contributed by atoms with van der Waals surface area (Å²) in [6, 6.07) is 16.1. The third-order valence-corrected chi connectivity index (χ3v) is 5.52. The molecule has 112 valence electrons. The number of hydrogen-bond donors (Lipinski definition) is 1.